The zero-order valence-electron chi connectivity index (χ0n) is 11.9. The Kier molecular flexibility index (Phi) is 5.24. The molecule has 0 amide bonds. The van der Waals surface area contributed by atoms with Gasteiger partial charge in [-0.15, -0.1) is 0 Å². The maximum atomic E-state index is 12.1. The van der Waals surface area contributed by atoms with E-state index in [0.29, 0.717) is 12.3 Å². The van der Waals surface area contributed by atoms with Gasteiger partial charge in [0.15, 0.2) is 0 Å². The number of carbonyl (C=O) groups excluding carboxylic acids is 1. The summed E-state index contributed by atoms with van der Waals surface area (Å²) < 4.78 is 5.67. The fourth-order valence-corrected chi connectivity index (χ4v) is 3.34. The molecule has 2 aliphatic rings. The van der Waals surface area contributed by atoms with Gasteiger partial charge in [-0.3, -0.25) is 4.79 Å². The summed E-state index contributed by atoms with van der Waals surface area (Å²) in [7, 11) is 0. The van der Waals surface area contributed by atoms with Gasteiger partial charge in [-0.05, 0) is 63.2 Å². The molecule has 0 heterocycles. The number of ether oxygens (including phenoxy) is 1. The minimum Gasteiger partial charge on any atom is -0.462 e. The third-order valence-corrected chi connectivity index (χ3v) is 4.81. The Morgan fingerprint density at radius 2 is 1.74 bits per heavy atom. The lowest BCUT2D eigenvalue weighted by Gasteiger charge is -2.30. The molecule has 0 aromatic rings. The number of hydrogen-bond acceptors (Lipinski definition) is 3. The van der Waals surface area contributed by atoms with Gasteiger partial charge >= 0.3 is 5.97 Å². The highest BCUT2D eigenvalue weighted by Crippen LogP contribution is 2.32. The van der Waals surface area contributed by atoms with Crippen molar-refractivity contribution in [2.75, 3.05) is 0 Å². The summed E-state index contributed by atoms with van der Waals surface area (Å²) in [5.41, 5.74) is 0. The Morgan fingerprint density at radius 1 is 1.11 bits per heavy atom. The van der Waals surface area contributed by atoms with Crippen LogP contribution >= 0.6 is 0 Å². The van der Waals surface area contributed by atoms with Crippen molar-refractivity contribution >= 4 is 5.97 Å². The standard InChI is InChI=1S/C16H25NO2/c1-12-2-6-14(7-3-12)16(18)19-15-8-4-13(5-9-15)10-11-17/h12-15H,2-10H2,1H3. The molecule has 0 spiro atoms. The van der Waals surface area contributed by atoms with Gasteiger partial charge in [0.2, 0.25) is 0 Å². The molecule has 0 aromatic heterocycles. The van der Waals surface area contributed by atoms with Crippen LogP contribution in [0.15, 0.2) is 0 Å². The molecule has 3 nitrogen and oxygen atoms in total. The lowest BCUT2D eigenvalue weighted by molar-refractivity contribution is -0.157. The molecule has 106 valence electrons. The van der Waals surface area contributed by atoms with E-state index in [1.54, 1.807) is 0 Å². The highest BCUT2D eigenvalue weighted by Gasteiger charge is 2.29. The van der Waals surface area contributed by atoms with Crippen molar-refractivity contribution in [3.05, 3.63) is 0 Å². The number of nitriles is 1. The van der Waals surface area contributed by atoms with E-state index in [4.69, 9.17) is 10.00 Å². The second kappa shape index (κ2) is 6.93. The van der Waals surface area contributed by atoms with E-state index in [-0.39, 0.29) is 18.0 Å². The zero-order chi connectivity index (χ0) is 13.7. The predicted molar refractivity (Wildman–Crippen MR) is 73.2 cm³/mol. The maximum Gasteiger partial charge on any atom is 0.309 e. The first kappa shape index (κ1) is 14.4. The van der Waals surface area contributed by atoms with Crippen molar-refractivity contribution in [1.82, 2.24) is 0 Å². The summed E-state index contributed by atoms with van der Waals surface area (Å²) >= 11 is 0. The molecule has 19 heavy (non-hydrogen) atoms. The molecule has 0 saturated heterocycles. The molecule has 2 fully saturated rings. The maximum absolute atomic E-state index is 12.1. The number of esters is 1. The van der Waals surface area contributed by atoms with Gasteiger partial charge in [-0.2, -0.15) is 5.26 Å². The Bertz CT molecular complexity index is 331. The largest absolute Gasteiger partial charge is 0.462 e. The summed E-state index contributed by atoms with van der Waals surface area (Å²) in [5.74, 6) is 1.48. The molecule has 0 radical (unpaired) electrons. The number of rotatable bonds is 3. The van der Waals surface area contributed by atoms with Crippen molar-refractivity contribution in [1.29, 1.82) is 5.26 Å². The van der Waals surface area contributed by atoms with Gasteiger partial charge in [0, 0.05) is 6.42 Å². The summed E-state index contributed by atoms with van der Waals surface area (Å²) in [4.78, 5) is 12.1. The Balaban J connectivity index is 1.70. The molecule has 2 aliphatic carbocycles. The highest BCUT2D eigenvalue weighted by molar-refractivity contribution is 5.72. The summed E-state index contributed by atoms with van der Waals surface area (Å²) in [6.45, 7) is 2.26. The van der Waals surface area contributed by atoms with Crippen LogP contribution < -0.4 is 0 Å². The summed E-state index contributed by atoms with van der Waals surface area (Å²) in [6, 6.07) is 2.24. The third-order valence-electron chi connectivity index (χ3n) is 4.81. The molecule has 0 atom stereocenters. The predicted octanol–water partition coefficient (Wildman–Crippen LogP) is 3.83. The lowest BCUT2D eigenvalue weighted by Crippen LogP contribution is -2.29. The van der Waals surface area contributed by atoms with Crippen molar-refractivity contribution in [3.63, 3.8) is 0 Å². The molecule has 0 aromatic carbocycles. The first-order valence-electron chi connectivity index (χ1n) is 7.76. The molecule has 0 N–H and O–H groups in total. The van der Waals surface area contributed by atoms with Crippen molar-refractivity contribution in [3.8, 4) is 6.07 Å². The molecule has 3 heteroatoms. The van der Waals surface area contributed by atoms with Crippen LogP contribution in [0.1, 0.15) is 64.7 Å². The molecule has 2 rings (SSSR count). The molecule has 0 aliphatic heterocycles. The number of carbonyl (C=O) groups is 1. The molecule has 0 unspecified atom stereocenters. The van der Waals surface area contributed by atoms with E-state index >= 15 is 0 Å². The van der Waals surface area contributed by atoms with Gasteiger partial charge < -0.3 is 4.74 Å². The van der Waals surface area contributed by atoms with Crippen LogP contribution in [0.5, 0.6) is 0 Å². The first-order valence-corrected chi connectivity index (χ1v) is 7.76. The average Bonchev–Trinajstić information content (AvgIpc) is 2.42. The van der Waals surface area contributed by atoms with Crippen LogP contribution in [0.25, 0.3) is 0 Å². The Hall–Kier alpha value is -1.04. The normalized spacial score (nSPS) is 35.4. The molecular formula is C16H25NO2. The summed E-state index contributed by atoms with van der Waals surface area (Å²) in [6.07, 6.45) is 9.06. The third kappa shape index (κ3) is 4.23. The quantitative estimate of drug-likeness (QED) is 0.727. The average molecular weight is 263 g/mol. The lowest BCUT2D eigenvalue weighted by atomic mass is 9.83. The Labute approximate surface area is 116 Å². The van der Waals surface area contributed by atoms with E-state index in [1.807, 2.05) is 0 Å². The monoisotopic (exact) mass is 263 g/mol. The second-order valence-electron chi connectivity index (χ2n) is 6.40. The van der Waals surface area contributed by atoms with E-state index in [1.165, 1.54) is 0 Å². The van der Waals surface area contributed by atoms with Gasteiger partial charge in [-0.25, -0.2) is 0 Å². The van der Waals surface area contributed by atoms with Crippen LogP contribution in [0.4, 0.5) is 0 Å². The number of hydrogen-bond donors (Lipinski definition) is 0. The van der Waals surface area contributed by atoms with Crippen LogP contribution in [0, 0.1) is 29.1 Å². The van der Waals surface area contributed by atoms with Gasteiger partial charge in [0.05, 0.1) is 12.0 Å². The van der Waals surface area contributed by atoms with Gasteiger partial charge in [0.25, 0.3) is 0 Å². The van der Waals surface area contributed by atoms with Gasteiger partial charge in [0.1, 0.15) is 6.10 Å². The van der Waals surface area contributed by atoms with E-state index in [2.05, 4.69) is 13.0 Å². The second-order valence-corrected chi connectivity index (χ2v) is 6.40. The fraction of sp³-hybridized carbons (Fsp3) is 0.875. The highest BCUT2D eigenvalue weighted by atomic mass is 16.5. The first-order chi connectivity index (χ1) is 9.19. The SMILES string of the molecule is CC1CCC(C(=O)OC2CCC(CC#N)CC2)CC1. The molecular weight excluding hydrogens is 238 g/mol. The number of nitrogens with zero attached hydrogens (tertiary/aromatic N) is 1. The molecule has 2 saturated carbocycles. The van der Waals surface area contributed by atoms with Crippen molar-refractivity contribution < 1.29 is 9.53 Å². The van der Waals surface area contributed by atoms with Crippen LogP contribution in [0.2, 0.25) is 0 Å². The van der Waals surface area contributed by atoms with E-state index in [0.717, 1.165) is 57.3 Å². The smallest absolute Gasteiger partial charge is 0.309 e. The van der Waals surface area contributed by atoms with E-state index in [9.17, 15) is 4.79 Å². The van der Waals surface area contributed by atoms with Gasteiger partial charge in [-0.1, -0.05) is 6.92 Å². The van der Waals surface area contributed by atoms with Crippen molar-refractivity contribution in [2.24, 2.45) is 17.8 Å². The zero-order valence-corrected chi connectivity index (χ0v) is 11.9. The minimum absolute atomic E-state index is 0.0376. The van der Waals surface area contributed by atoms with Crippen LogP contribution in [0.3, 0.4) is 0 Å². The minimum atomic E-state index is 0.0376. The Morgan fingerprint density at radius 3 is 2.32 bits per heavy atom. The van der Waals surface area contributed by atoms with Crippen molar-refractivity contribution in [2.45, 2.75) is 70.8 Å². The topological polar surface area (TPSA) is 50.1 Å². The fourth-order valence-electron chi connectivity index (χ4n) is 3.34. The van der Waals surface area contributed by atoms with Crippen LogP contribution in [-0.2, 0) is 9.53 Å². The van der Waals surface area contributed by atoms with E-state index < -0.39 is 0 Å². The van der Waals surface area contributed by atoms with Crippen LogP contribution in [-0.4, -0.2) is 12.1 Å². The molecule has 0 bridgehead atoms. The summed E-state index contributed by atoms with van der Waals surface area (Å²) in [5, 5.41) is 8.69.